The first-order valence-electron chi connectivity index (χ1n) is 5.50. The molecule has 0 amide bonds. The van der Waals surface area contributed by atoms with Gasteiger partial charge in [-0.25, -0.2) is 0 Å². The molecule has 0 bridgehead atoms. The predicted octanol–water partition coefficient (Wildman–Crippen LogP) is 1.79. The van der Waals surface area contributed by atoms with E-state index in [1.807, 2.05) is 32.3 Å². The zero-order valence-electron chi connectivity index (χ0n) is 10.2. The van der Waals surface area contributed by atoms with Gasteiger partial charge in [-0.1, -0.05) is 0 Å². The second-order valence-corrected chi connectivity index (χ2v) is 4.07. The molecule has 1 aromatic rings. The van der Waals surface area contributed by atoms with E-state index in [2.05, 4.69) is 10.2 Å². The van der Waals surface area contributed by atoms with Crippen LogP contribution in [-0.2, 0) is 0 Å². The van der Waals surface area contributed by atoms with E-state index in [1.165, 1.54) is 0 Å². The van der Waals surface area contributed by atoms with Gasteiger partial charge >= 0.3 is 0 Å². The Morgan fingerprint density at radius 3 is 2.47 bits per heavy atom. The number of anilines is 1. The Bertz CT molecular complexity index is 451. The molecule has 0 spiro atoms. The summed E-state index contributed by atoms with van der Waals surface area (Å²) in [6.07, 6.45) is 1.04. The lowest BCUT2D eigenvalue weighted by Crippen LogP contribution is -2.16. The average molecular weight is 228 g/mol. The molecule has 0 fully saturated rings. The minimum atomic E-state index is 0.421. The third-order valence-corrected chi connectivity index (χ3v) is 2.37. The van der Waals surface area contributed by atoms with E-state index in [0.29, 0.717) is 11.1 Å². The highest BCUT2D eigenvalue weighted by atomic mass is 15.1. The highest BCUT2D eigenvalue weighted by Crippen LogP contribution is 2.14. The fraction of sp³-hybridized carbons (Fsp3) is 0.385. The summed E-state index contributed by atoms with van der Waals surface area (Å²) in [7, 11) is 4.07. The third kappa shape index (κ3) is 4.14. The number of nitrogens with one attached hydrogen (secondary N) is 1. The summed E-state index contributed by atoms with van der Waals surface area (Å²) in [5.41, 5.74) is 1.73. The zero-order chi connectivity index (χ0) is 12.7. The Morgan fingerprint density at radius 2 is 1.88 bits per heavy atom. The van der Waals surface area contributed by atoms with Crippen molar-refractivity contribution in [2.75, 3.05) is 32.5 Å². The number of hydrogen-bond donors (Lipinski definition) is 1. The van der Waals surface area contributed by atoms with Gasteiger partial charge in [-0.05, 0) is 45.3 Å². The summed E-state index contributed by atoms with van der Waals surface area (Å²) >= 11 is 0. The molecule has 1 aromatic carbocycles. The van der Waals surface area contributed by atoms with Crippen molar-refractivity contribution in [1.29, 1.82) is 10.5 Å². The van der Waals surface area contributed by atoms with E-state index in [9.17, 15) is 0 Å². The van der Waals surface area contributed by atoms with Gasteiger partial charge < -0.3 is 10.2 Å². The highest BCUT2D eigenvalue weighted by molar-refractivity contribution is 5.56. The van der Waals surface area contributed by atoms with Gasteiger partial charge in [0.1, 0.15) is 12.1 Å². The maximum absolute atomic E-state index is 8.88. The second kappa shape index (κ2) is 6.52. The molecule has 0 unspecified atom stereocenters. The highest BCUT2D eigenvalue weighted by Gasteiger charge is 2.02. The van der Waals surface area contributed by atoms with Crippen LogP contribution < -0.4 is 5.32 Å². The standard InChI is InChI=1S/C13H16N4/c1-17(2)7-3-6-16-13-5-4-11(9-14)12(8-13)10-15/h4-5,8,16H,3,6-7H2,1-2H3. The summed E-state index contributed by atoms with van der Waals surface area (Å²) < 4.78 is 0. The van der Waals surface area contributed by atoms with Crippen LogP contribution in [0.3, 0.4) is 0 Å². The molecule has 0 aromatic heterocycles. The van der Waals surface area contributed by atoms with Crippen molar-refractivity contribution in [3.63, 3.8) is 0 Å². The molecule has 1 N–H and O–H groups in total. The first-order chi connectivity index (χ1) is 8.17. The quantitative estimate of drug-likeness (QED) is 0.780. The van der Waals surface area contributed by atoms with Crippen molar-refractivity contribution in [3.8, 4) is 12.1 Å². The number of nitrogens with zero attached hydrogens (tertiary/aromatic N) is 3. The third-order valence-electron chi connectivity index (χ3n) is 2.37. The van der Waals surface area contributed by atoms with Gasteiger partial charge in [0, 0.05) is 12.2 Å². The van der Waals surface area contributed by atoms with Gasteiger partial charge in [0.15, 0.2) is 0 Å². The molecular formula is C13H16N4. The molecule has 1 rings (SSSR count). The van der Waals surface area contributed by atoms with E-state index >= 15 is 0 Å². The summed E-state index contributed by atoms with van der Waals surface area (Å²) in [6, 6.07) is 9.24. The molecular weight excluding hydrogens is 212 g/mol. The van der Waals surface area contributed by atoms with Crippen LogP contribution in [-0.4, -0.2) is 32.1 Å². The monoisotopic (exact) mass is 228 g/mol. The maximum atomic E-state index is 8.88. The van der Waals surface area contributed by atoms with Gasteiger partial charge in [-0.15, -0.1) is 0 Å². The average Bonchev–Trinajstić information content (AvgIpc) is 2.34. The van der Waals surface area contributed by atoms with Gasteiger partial charge in [0.2, 0.25) is 0 Å². The molecule has 0 saturated carbocycles. The minimum Gasteiger partial charge on any atom is -0.385 e. The predicted molar refractivity (Wildman–Crippen MR) is 67.5 cm³/mol. The van der Waals surface area contributed by atoms with Crippen molar-refractivity contribution in [3.05, 3.63) is 29.3 Å². The van der Waals surface area contributed by atoms with Crippen LogP contribution in [0.1, 0.15) is 17.5 Å². The normalized spacial score (nSPS) is 9.71. The smallest absolute Gasteiger partial charge is 0.101 e. The summed E-state index contributed by atoms with van der Waals surface area (Å²) in [4.78, 5) is 2.13. The van der Waals surface area contributed by atoms with Crippen LogP contribution >= 0.6 is 0 Å². The summed E-state index contributed by atoms with van der Waals surface area (Å²) in [6.45, 7) is 1.88. The second-order valence-electron chi connectivity index (χ2n) is 4.07. The Balaban J connectivity index is 2.56. The molecule has 0 heterocycles. The van der Waals surface area contributed by atoms with Crippen molar-refractivity contribution >= 4 is 5.69 Å². The number of rotatable bonds is 5. The van der Waals surface area contributed by atoms with Gasteiger partial charge in [-0.2, -0.15) is 10.5 Å². The van der Waals surface area contributed by atoms with Crippen LogP contribution in [0.5, 0.6) is 0 Å². The SMILES string of the molecule is CN(C)CCCNc1ccc(C#N)c(C#N)c1. The Kier molecular flexibility index (Phi) is 5.00. The molecule has 4 heteroatoms. The van der Waals surface area contributed by atoms with Gasteiger partial charge in [0.05, 0.1) is 11.1 Å². The molecule has 0 saturated heterocycles. The van der Waals surface area contributed by atoms with Crippen molar-refractivity contribution in [2.45, 2.75) is 6.42 Å². The van der Waals surface area contributed by atoms with E-state index in [4.69, 9.17) is 10.5 Å². The lowest BCUT2D eigenvalue weighted by Gasteiger charge is -2.10. The van der Waals surface area contributed by atoms with Gasteiger partial charge in [-0.3, -0.25) is 0 Å². The summed E-state index contributed by atoms with van der Waals surface area (Å²) in [5.74, 6) is 0. The van der Waals surface area contributed by atoms with Crippen molar-refractivity contribution < 1.29 is 0 Å². The van der Waals surface area contributed by atoms with Crippen LogP contribution in [0.25, 0.3) is 0 Å². The topological polar surface area (TPSA) is 62.9 Å². The van der Waals surface area contributed by atoms with E-state index in [-0.39, 0.29) is 0 Å². The van der Waals surface area contributed by atoms with Crippen molar-refractivity contribution in [2.24, 2.45) is 0 Å². The Morgan fingerprint density at radius 1 is 1.18 bits per heavy atom. The van der Waals surface area contributed by atoms with Crippen LogP contribution in [0.4, 0.5) is 5.69 Å². The number of hydrogen-bond acceptors (Lipinski definition) is 4. The first kappa shape index (κ1) is 13.0. The van der Waals surface area contributed by atoms with Crippen LogP contribution in [0, 0.1) is 22.7 Å². The van der Waals surface area contributed by atoms with Crippen LogP contribution in [0.2, 0.25) is 0 Å². The minimum absolute atomic E-state index is 0.421. The Hall–Kier alpha value is -2.04. The maximum Gasteiger partial charge on any atom is 0.101 e. The zero-order valence-corrected chi connectivity index (χ0v) is 10.2. The molecule has 88 valence electrons. The Labute approximate surface area is 102 Å². The largest absolute Gasteiger partial charge is 0.385 e. The number of benzene rings is 1. The molecule has 0 atom stereocenters. The fourth-order valence-corrected chi connectivity index (χ4v) is 1.47. The van der Waals surface area contributed by atoms with E-state index < -0.39 is 0 Å². The lowest BCUT2D eigenvalue weighted by atomic mass is 10.1. The molecule has 0 radical (unpaired) electrons. The molecule has 0 aliphatic heterocycles. The van der Waals surface area contributed by atoms with E-state index in [0.717, 1.165) is 25.2 Å². The number of nitriles is 2. The molecule has 17 heavy (non-hydrogen) atoms. The molecule has 0 aliphatic carbocycles. The summed E-state index contributed by atoms with van der Waals surface area (Å²) in [5, 5.41) is 20.9. The van der Waals surface area contributed by atoms with Gasteiger partial charge in [0.25, 0.3) is 0 Å². The molecule has 0 aliphatic rings. The molecule has 4 nitrogen and oxygen atoms in total. The first-order valence-corrected chi connectivity index (χ1v) is 5.50. The lowest BCUT2D eigenvalue weighted by molar-refractivity contribution is 0.405. The fourth-order valence-electron chi connectivity index (χ4n) is 1.47. The van der Waals surface area contributed by atoms with Crippen LogP contribution in [0.15, 0.2) is 18.2 Å². The van der Waals surface area contributed by atoms with Crippen molar-refractivity contribution in [1.82, 2.24) is 4.90 Å². The van der Waals surface area contributed by atoms with E-state index in [1.54, 1.807) is 12.1 Å².